The van der Waals surface area contributed by atoms with Gasteiger partial charge in [0.25, 0.3) is 11.7 Å². The summed E-state index contributed by atoms with van der Waals surface area (Å²) in [5, 5.41) is 6.30. The molecule has 1 aromatic heterocycles. The Kier molecular flexibility index (Phi) is 4.63. The van der Waals surface area contributed by atoms with Gasteiger partial charge < -0.3 is 10.1 Å². The lowest BCUT2D eigenvalue weighted by Gasteiger charge is -2.10. The first-order valence-electron chi connectivity index (χ1n) is 6.80. The molecule has 24 heavy (non-hydrogen) atoms. The number of nitrogens with zero attached hydrogens (tertiary/aromatic N) is 2. The standard InChI is InChI=1S/C15H14F3N3O3/c1-8-12(9(2)21(3)20-8)13(22)14(23)19-10-5-4-6-11(7-10)24-15(16,17)18/h4-7H,1-3H3,(H,19,23). The number of carbonyl (C=O) groups excluding carboxylic acids is 2. The smallest absolute Gasteiger partial charge is 0.406 e. The summed E-state index contributed by atoms with van der Waals surface area (Å²) in [7, 11) is 1.63. The van der Waals surface area contributed by atoms with E-state index in [1.54, 1.807) is 20.9 Å². The molecular weight excluding hydrogens is 327 g/mol. The highest BCUT2D eigenvalue weighted by Gasteiger charge is 2.31. The molecule has 128 valence electrons. The summed E-state index contributed by atoms with van der Waals surface area (Å²) in [4.78, 5) is 24.3. The first-order valence-corrected chi connectivity index (χ1v) is 6.80. The molecule has 1 amide bonds. The minimum atomic E-state index is -4.84. The Morgan fingerprint density at radius 2 is 1.92 bits per heavy atom. The quantitative estimate of drug-likeness (QED) is 0.685. The fourth-order valence-corrected chi connectivity index (χ4v) is 2.17. The van der Waals surface area contributed by atoms with Gasteiger partial charge in [0.15, 0.2) is 0 Å². The summed E-state index contributed by atoms with van der Waals surface area (Å²) < 4.78 is 41.8. The summed E-state index contributed by atoms with van der Waals surface area (Å²) >= 11 is 0. The van der Waals surface area contributed by atoms with E-state index in [2.05, 4.69) is 15.2 Å². The lowest BCUT2D eigenvalue weighted by molar-refractivity contribution is -0.274. The van der Waals surface area contributed by atoms with E-state index in [0.29, 0.717) is 11.4 Å². The maximum atomic E-state index is 12.2. The van der Waals surface area contributed by atoms with Crippen molar-refractivity contribution in [3.8, 4) is 5.75 Å². The Balaban J connectivity index is 2.18. The summed E-state index contributed by atoms with van der Waals surface area (Å²) in [6, 6.07) is 4.67. The molecule has 1 aromatic carbocycles. The molecule has 1 N–H and O–H groups in total. The van der Waals surface area contributed by atoms with Gasteiger partial charge in [0.05, 0.1) is 11.3 Å². The Bertz CT molecular complexity index is 797. The number of rotatable bonds is 4. The van der Waals surface area contributed by atoms with Crippen molar-refractivity contribution >= 4 is 17.4 Å². The number of aromatic nitrogens is 2. The van der Waals surface area contributed by atoms with Crippen molar-refractivity contribution in [1.29, 1.82) is 0 Å². The van der Waals surface area contributed by atoms with Gasteiger partial charge in [-0.15, -0.1) is 13.2 Å². The summed E-state index contributed by atoms with van der Waals surface area (Å²) in [5.41, 5.74) is 1.08. The summed E-state index contributed by atoms with van der Waals surface area (Å²) in [5.74, 6) is -2.29. The Morgan fingerprint density at radius 1 is 1.25 bits per heavy atom. The SMILES string of the molecule is Cc1nn(C)c(C)c1C(=O)C(=O)Nc1cccc(OC(F)(F)F)c1. The average Bonchev–Trinajstić information content (AvgIpc) is 2.70. The molecule has 0 atom stereocenters. The summed E-state index contributed by atoms with van der Waals surface area (Å²) in [6.07, 6.45) is -4.84. The van der Waals surface area contributed by atoms with Gasteiger partial charge in [0.2, 0.25) is 0 Å². The van der Waals surface area contributed by atoms with Gasteiger partial charge in [0.1, 0.15) is 5.75 Å². The van der Waals surface area contributed by atoms with Crippen molar-refractivity contribution in [3.05, 3.63) is 41.2 Å². The monoisotopic (exact) mass is 341 g/mol. The first kappa shape index (κ1) is 17.5. The van der Waals surface area contributed by atoms with Crippen molar-refractivity contribution in [2.45, 2.75) is 20.2 Å². The third kappa shape index (κ3) is 3.92. The molecule has 0 bridgehead atoms. The highest BCUT2D eigenvalue weighted by atomic mass is 19.4. The van der Waals surface area contributed by atoms with E-state index in [4.69, 9.17) is 0 Å². The van der Waals surface area contributed by atoms with Crippen LogP contribution in [0.25, 0.3) is 0 Å². The number of anilines is 1. The molecule has 0 aliphatic heterocycles. The van der Waals surface area contributed by atoms with Crippen LogP contribution in [-0.4, -0.2) is 27.8 Å². The second-order valence-corrected chi connectivity index (χ2v) is 5.03. The number of amides is 1. The minimum Gasteiger partial charge on any atom is -0.406 e. The Hall–Kier alpha value is -2.84. The normalized spacial score (nSPS) is 11.2. The number of Topliss-reactive ketones (excluding diaryl/α,β-unsaturated/α-hetero) is 1. The lowest BCUT2D eigenvalue weighted by atomic mass is 10.1. The number of ether oxygens (including phenoxy) is 1. The fraction of sp³-hybridized carbons (Fsp3) is 0.267. The first-order chi connectivity index (χ1) is 11.1. The average molecular weight is 341 g/mol. The lowest BCUT2D eigenvalue weighted by Crippen LogP contribution is -2.24. The highest BCUT2D eigenvalue weighted by Crippen LogP contribution is 2.25. The minimum absolute atomic E-state index is 0.00861. The second-order valence-electron chi connectivity index (χ2n) is 5.03. The number of hydrogen-bond acceptors (Lipinski definition) is 4. The zero-order valence-electron chi connectivity index (χ0n) is 13.1. The molecule has 6 nitrogen and oxygen atoms in total. The number of hydrogen-bond donors (Lipinski definition) is 1. The van der Waals surface area contributed by atoms with E-state index in [1.165, 1.54) is 16.8 Å². The highest BCUT2D eigenvalue weighted by molar-refractivity contribution is 6.47. The second kappa shape index (κ2) is 6.34. The van der Waals surface area contributed by atoms with Gasteiger partial charge in [-0.1, -0.05) is 6.07 Å². The number of alkyl halides is 3. The molecule has 0 spiro atoms. The molecule has 0 fully saturated rings. The van der Waals surface area contributed by atoms with Crippen LogP contribution in [-0.2, 0) is 11.8 Å². The van der Waals surface area contributed by atoms with Crippen LogP contribution in [0, 0.1) is 13.8 Å². The zero-order chi connectivity index (χ0) is 18.1. The molecule has 1 heterocycles. The van der Waals surface area contributed by atoms with Gasteiger partial charge >= 0.3 is 6.36 Å². The van der Waals surface area contributed by atoms with Crippen LogP contribution < -0.4 is 10.1 Å². The van der Waals surface area contributed by atoms with E-state index in [9.17, 15) is 22.8 Å². The van der Waals surface area contributed by atoms with Gasteiger partial charge in [-0.2, -0.15) is 5.10 Å². The van der Waals surface area contributed by atoms with E-state index in [0.717, 1.165) is 12.1 Å². The predicted molar refractivity (Wildman–Crippen MR) is 78.8 cm³/mol. The molecule has 2 rings (SSSR count). The van der Waals surface area contributed by atoms with E-state index >= 15 is 0 Å². The molecular formula is C15H14F3N3O3. The Morgan fingerprint density at radius 3 is 2.46 bits per heavy atom. The molecule has 0 saturated carbocycles. The number of halogens is 3. The van der Waals surface area contributed by atoms with Crippen LogP contribution >= 0.6 is 0 Å². The number of carbonyl (C=O) groups is 2. The van der Waals surface area contributed by atoms with Crippen molar-refractivity contribution < 1.29 is 27.5 Å². The van der Waals surface area contributed by atoms with Crippen molar-refractivity contribution in [1.82, 2.24) is 9.78 Å². The van der Waals surface area contributed by atoms with Crippen molar-refractivity contribution in [2.75, 3.05) is 5.32 Å². The molecule has 0 aliphatic rings. The number of benzene rings is 1. The fourth-order valence-electron chi connectivity index (χ4n) is 2.17. The molecule has 0 saturated heterocycles. The largest absolute Gasteiger partial charge is 0.573 e. The number of nitrogens with one attached hydrogen (secondary N) is 1. The summed E-state index contributed by atoms with van der Waals surface area (Å²) in [6.45, 7) is 3.23. The van der Waals surface area contributed by atoms with Crippen LogP contribution in [0.5, 0.6) is 5.75 Å². The molecule has 9 heteroatoms. The zero-order valence-corrected chi connectivity index (χ0v) is 13.1. The van der Waals surface area contributed by atoms with Gasteiger partial charge in [-0.05, 0) is 26.0 Å². The molecule has 0 unspecified atom stereocenters. The van der Waals surface area contributed by atoms with E-state index in [-0.39, 0.29) is 11.3 Å². The maximum Gasteiger partial charge on any atom is 0.573 e. The predicted octanol–water partition coefficient (Wildman–Crippen LogP) is 2.76. The number of ketones is 1. The van der Waals surface area contributed by atoms with Crippen molar-refractivity contribution in [3.63, 3.8) is 0 Å². The van der Waals surface area contributed by atoms with Gasteiger partial charge in [-0.3, -0.25) is 14.3 Å². The molecule has 0 radical (unpaired) electrons. The van der Waals surface area contributed by atoms with E-state index < -0.39 is 23.8 Å². The number of aryl methyl sites for hydroxylation is 2. The third-order valence-electron chi connectivity index (χ3n) is 3.27. The van der Waals surface area contributed by atoms with Crippen molar-refractivity contribution in [2.24, 2.45) is 7.05 Å². The van der Waals surface area contributed by atoms with Crippen LogP contribution in [0.2, 0.25) is 0 Å². The van der Waals surface area contributed by atoms with Gasteiger partial charge in [-0.25, -0.2) is 0 Å². The topological polar surface area (TPSA) is 73.2 Å². The Labute approximate surface area is 135 Å². The van der Waals surface area contributed by atoms with Crippen LogP contribution in [0.1, 0.15) is 21.7 Å². The molecule has 0 aliphatic carbocycles. The third-order valence-corrected chi connectivity index (χ3v) is 3.27. The van der Waals surface area contributed by atoms with Crippen LogP contribution in [0.15, 0.2) is 24.3 Å². The van der Waals surface area contributed by atoms with Gasteiger partial charge in [0, 0.05) is 24.5 Å². The maximum absolute atomic E-state index is 12.2. The molecule has 2 aromatic rings. The van der Waals surface area contributed by atoms with Crippen LogP contribution in [0.3, 0.4) is 0 Å². The van der Waals surface area contributed by atoms with E-state index in [1.807, 2.05) is 0 Å². The van der Waals surface area contributed by atoms with Crippen LogP contribution in [0.4, 0.5) is 18.9 Å².